The average Bonchev–Trinajstić information content (AvgIpc) is 3.64. The second-order valence-corrected chi connectivity index (χ2v) is 13.2. The van der Waals surface area contributed by atoms with Gasteiger partial charge in [-0.1, -0.05) is 158 Å². The first kappa shape index (κ1) is 30.6. The molecule has 0 bridgehead atoms. The summed E-state index contributed by atoms with van der Waals surface area (Å²) in [5, 5.41) is 4.50. The molecule has 53 heavy (non-hydrogen) atoms. The number of furan rings is 1. The van der Waals surface area contributed by atoms with Crippen LogP contribution in [0.25, 0.3) is 100 Å². The van der Waals surface area contributed by atoms with Gasteiger partial charge < -0.3 is 4.42 Å². The van der Waals surface area contributed by atoms with E-state index in [0.717, 1.165) is 71.7 Å². The SMILES string of the molecule is c1ccc(-c2ccc3c(c2)cc(-c2cccc(-c4ccc(-c5nc(-c6ccccc6)nc(-c6ccccc6)n5)cc4)c2)c2c4ccccc4oc32)cc1. The van der Waals surface area contributed by atoms with E-state index in [1.807, 2.05) is 66.7 Å². The molecule has 0 saturated carbocycles. The molecule has 8 aromatic carbocycles. The molecule has 0 N–H and O–H groups in total. The van der Waals surface area contributed by atoms with E-state index in [9.17, 15) is 0 Å². The third-order valence-corrected chi connectivity index (χ3v) is 9.92. The van der Waals surface area contributed by atoms with Crippen LogP contribution in [0.1, 0.15) is 0 Å². The number of hydrogen-bond donors (Lipinski definition) is 0. The summed E-state index contributed by atoms with van der Waals surface area (Å²) in [5.74, 6) is 1.93. The Balaban J connectivity index is 1.07. The number of hydrogen-bond acceptors (Lipinski definition) is 4. The fourth-order valence-electron chi connectivity index (χ4n) is 7.27. The van der Waals surface area contributed by atoms with E-state index < -0.39 is 0 Å². The van der Waals surface area contributed by atoms with E-state index in [-0.39, 0.29) is 0 Å². The zero-order chi connectivity index (χ0) is 35.1. The first-order valence-electron chi connectivity index (χ1n) is 17.8. The molecule has 4 heteroatoms. The van der Waals surface area contributed by atoms with E-state index in [0.29, 0.717) is 17.5 Å². The van der Waals surface area contributed by atoms with E-state index in [1.54, 1.807) is 0 Å². The summed E-state index contributed by atoms with van der Waals surface area (Å²) in [7, 11) is 0. The summed E-state index contributed by atoms with van der Waals surface area (Å²) in [4.78, 5) is 14.7. The molecule has 248 valence electrons. The predicted molar refractivity (Wildman–Crippen MR) is 217 cm³/mol. The maximum Gasteiger partial charge on any atom is 0.164 e. The Kier molecular flexibility index (Phi) is 7.43. The van der Waals surface area contributed by atoms with Crippen LogP contribution in [-0.4, -0.2) is 15.0 Å². The van der Waals surface area contributed by atoms with Crippen molar-refractivity contribution in [3.63, 3.8) is 0 Å². The molecule has 2 aromatic heterocycles. The lowest BCUT2D eigenvalue weighted by Crippen LogP contribution is -2.00. The van der Waals surface area contributed by atoms with Crippen LogP contribution in [0.3, 0.4) is 0 Å². The van der Waals surface area contributed by atoms with Gasteiger partial charge in [0.2, 0.25) is 0 Å². The highest BCUT2D eigenvalue weighted by atomic mass is 16.3. The van der Waals surface area contributed by atoms with Crippen molar-refractivity contribution in [1.29, 1.82) is 0 Å². The monoisotopic (exact) mass is 677 g/mol. The van der Waals surface area contributed by atoms with E-state index in [2.05, 4.69) is 121 Å². The Morgan fingerprint density at radius 3 is 1.45 bits per heavy atom. The van der Waals surface area contributed by atoms with Gasteiger partial charge in [-0.3, -0.25) is 0 Å². The second kappa shape index (κ2) is 12.9. The summed E-state index contributed by atoms with van der Waals surface area (Å²) in [6, 6.07) is 65.3. The van der Waals surface area contributed by atoms with Crippen molar-refractivity contribution in [3.05, 3.63) is 188 Å². The van der Waals surface area contributed by atoms with Crippen LogP contribution in [0, 0.1) is 0 Å². The van der Waals surface area contributed by atoms with Crippen molar-refractivity contribution in [3.8, 4) is 67.5 Å². The highest BCUT2D eigenvalue weighted by Gasteiger charge is 2.18. The van der Waals surface area contributed by atoms with Gasteiger partial charge in [-0.2, -0.15) is 0 Å². The minimum atomic E-state index is 0.637. The van der Waals surface area contributed by atoms with Gasteiger partial charge in [0.05, 0.1) is 0 Å². The molecule has 0 radical (unpaired) electrons. The number of para-hydroxylation sites is 1. The summed E-state index contributed by atoms with van der Waals surface area (Å²) in [6.07, 6.45) is 0. The van der Waals surface area contributed by atoms with Gasteiger partial charge >= 0.3 is 0 Å². The minimum absolute atomic E-state index is 0.637. The van der Waals surface area contributed by atoms with Crippen LogP contribution in [0.2, 0.25) is 0 Å². The molecule has 2 heterocycles. The topological polar surface area (TPSA) is 51.8 Å². The van der Waals surface area contributed by atoms with Crippen molar-refractivity contribution >= 4 is 32.7 Å². The molecule has 0 aliphatic rings. The zero-order valence-corrected chi connectivity index (χ0v) is 28.6. The normalized spacial score (nSPS) is 11.4. The molecular formula is C49H31N3O. The van der Waals surface area contributed by atoms with Gasteiger partial charge in [0.15, 0.2) is 17.5 Å². The lowest BCUT2D eigenvalue weighted by atomic mass is 9.92. The zero-order valence-electron chi connectivity index (χ0n) is 28.6. The van der Waals surface area contributed by atoms with Gasteiger partial charge in [0.25, 0.3) is 0 Å². The Hall–Kier alpha value is -7.17. The number of fused-ring (bicyclic) bond motifs is 5. The molecule has 10 rings (SSSR count). The number of nitrogens with zero attached hydrogens (tertiary/aromatic N) is 3. The van der Waals surface area contributed by atoms with Gasteiger partial charge in [0, 0.05) is 32.8 Å². The van der Waals surface area contributed by atoms with E-state index in [1.165, 1.54) is 11.1 Å². The van der Waals surface area contributed by atoms with Gasteiger partial charge in [-0.15, -0.1) is 0 Å². The molecule has 10 aromatic rings. The highest BCUT2D eigenvalue weighted by Crippen LogP contribution is 2.43. The Morgan fingerprint density at radius 2 is 0.792 bits per heavy atom. The van der Waals surface area contributed by atoms with Crippen LogP contribution in [-0.2, 0) is 0 Å². The molecule has 0 saturated heterocycles. The van der Waals surface area contributed by atoms with Crippen LogP contribution in [0.5, 0.6) is 0 Å². The molecule has 0 fully saturated rings. The van der Waals surface area contributed by atoms with Crippen molar-refractivity contribution < 1.29 is 4.42 Å². The van der Waals surface area contributed by atoms with Crippen LogP contribution < -0.4 is 0 Å². The molecule has 4 nitrogen and oxygen atoms in total. The molecule has 0 atom stereocenters. The highest BCUT2D eigenvalue weighted by molar-refractivity contribution is 6.21. The molecule has 0 aliphatic carbocycles. The third kappa shape index (κ3) is 5.63. The van der Waals surface area contributed by atoms with Crippen molar-refractivity contribution in [1.82, 2.24) is 15.0 Å². The Bertz CT molecular complexity index is 2860. The van der Waals surface area contributed by atoms with Crippen LogP contribution in [0.15, 0.2) is 192 Å². The summed E-state index contributed by atoms with van der Waals surface area (Å²) in [5.41, 5.74) is 11.5. The quantitative estimate of drug-likeness (QED) is 0.176. The lowest BCUT2D eigenvalue weighted by molar-refractivity contribution is 0.673. The predicted octanol–water partition coefficient (Wildman–Crippen LogP) is 12.9. The molecular weight excluding hydrogens is 647 g/mol. The van der Waals surface area contributed by atoms with Gasteiger partial charge in [-0.05, 0) is 69.1 Å². The lowest BCUT2D eigenvalue weighted by Gasteiger charge is -2.12. The smallest absolute Gasteiger partial charge is 0.164 e. The van der Waals surface area contributed by atoms with Crippen LogP contribution >= 0.6 is 0 Å². The Labute approximate surface area is 306 Å². The summed E-state index contributed by atoms with van der Waals surface area (Å²) >= 11 is 0. The van der Waals surface area contributed by atoms with Gasteiger partial charge in [-0.25, -0.2) is 15.0 Å². The largest absolute Gasteiger partial charge is 0.455 e. The fourth-order valence-corrected chi connectivity index (χ4v) is 7.27. The number of rotatable bonds is 6. The molecule has 0 amide bonds. The summed E-state index contributed by atoms with van der Waals surface area (Å²) in [6.45, 7) is 0. The maximum absolute atomic E-state index is 6.60. The summed E-state index contributed by atoms with van der Waals surface area (Å²) < 4.78 is 6.60. The Morgan fingerprint density at radius 1 is 0.321 bits per heavy atom. The van der Waals surface area contributed by atoms with Crippen molar-refractivity contribution in [2.75, 3.05) is 0 Å². The number of benzene rings is 8. The van der Waals surface area contributed by atoms with Crippen molar-refractivity contribution in [2.45, 2.75) is 0 Å². The fraction of sp³-hybridized carbons (Fsp3) is 0. The second-order valence-electron chi connectivity index (χ2n) is 13.2. The van der Waals surface area contributed by atoms with Gasteiger partial charge in [0.1, 0.15) is 11.2 Å². The number of aromatic nitrogens is 3. The van der Waals surface area contributed by atoms with E-state index >= 15 is 0 Å². The first-order valence-corrected chi connectivity index (χ1v) is 17.8. The average molecular weight is 678 g/mol. The first-order chi connectivity index (χ1) is 26.2. The molecule has 0 unspecified atom stereocenters. The van der Waals surface area contributed by atoms with E-state index in [4.69, 9.17) is 19.4 Å². The van der Waals surface area contributed by atoms with Crippen LogP contribution in [0.4, 0.5) is 0 Å². The minimum Gasteiger partial charge on any atom is -0.455 e. The third-order valence-electron chi connectivity index (χ3n) is 9.92. The van der Waals surface area contributed by atoms with Crippen molar-refractivity contribution in [2.24, 2.45) is 0 Å². The molecule has 0 spiro atoms. The maximum atomic E-state index is 6.60. The molecule has 0 aliphatic heterocycles. The standard InChI is InChI=1S/C49H31N3O/c1-4-13-32(14-5-1)38-27-28-41-40(30-38)31-43(45-42-21-10-11-22-44(42)53-46(41)45)39-20-12-19-37(29-39)33-23-25-36(26-24-33)49-51-47(34-15-6-2-7-16-34)50-48(52-49)35-17-8-3-9-18-35/h1-31H.